The number of rotatable bonds is 6. The van der Waals surface area contributed by atoms with Gasteiger partial charge in [-0.25, -0.2) is 0 Å². The molecule has 0 radical (unpaired) electrons. The molecule has 0 amide bonds. The van der Waals surface area contributed by atoms with Crippen molar-refractivity contribution in [2.24, 2.45) is 0 Å². The highest BCUT2D eigenvalue weighted by Crippen LogP contribution is 2.55. The van der Waals surface area contributed by atoms with Gasteiger partial charge in [-0.05, 0) is 45.5 Å². The maximum absolute atomic E-state index is 4.59. The largest absolute Gasteiger partial charge is 0.497 e. The van der Waals surface area contributed by atoms with Gasteiger partial charge in [-0.1, -0.05) is 136 Å². The predicted octanol–water partition coefficient (Wildman–Crippen LogP) is 8.71. The molecule has 0 aromatic heterocycles. The summed E-state index contributed by atoms with van der Waals surface area (Å²) in [6.45, 7) is 13.7. The lowest BCUT2D eigenvalue weighted by Crippen LogP contribution is -2.28. The van der Waals surface area contributed by atoms with E-state index in [0.717, 1.165) is 0 Å². The van der Waals surface area contributed by atoms with Crippen LogP contribution in [0.25, 0.3) is 11.1 Å². The smallest absolute Gasteiger partial charge is 0.111 e. The molecule has 0 N–H and O–H groups in total. The molecule has 4 aromatic rings. The van der Waals surface area contributed by atoms with Crippen molar-refractivity contribution in [1.82, 2.24) is 0 Å². The fraction of sp³-hybridized carbons (Fsp3) is 0.0857. The first kappa shape index (κ1) is 27.0. The predicted molar refractivity (Wildman–Crippen MR) is 156 cm³/mol. The highest BCUT2D eigenvalue weighted by molar-refractivity contribution is 5.86. The van der Waals surface area contributed by atoms with E-state index >= 15 is 0 Å². The lowest BCUT2D eigenvalue weighted by atomic mass is 9.68. The molecule has 0 heterocycles. The minimum absolute atomic E-state index is 0.254. The fourth-order valence-electron chi connectivity index (χ4n) is 4.57. The van der Waals surface area contributed by atoms with Crippen molar-refractivity contribution in [1.29, 1.82) is 0 Å². The van der Waals surface area contributed by atoms with Crippen LogP contribution in [0, 0.1) is 0 Å². The van der Waals surface area contributed by atoms with Crippen molar-refractivity contribution >= 4 is 0 Å². The zero-order valence-corrected chi connectivity index (χ0v) is 21.7. The van der Waals surface area contributed by atoms with E-state index in [1.165, 1.54) is 33.4 Å². The summed E-state index contributed by atoms with van der Waals surface area (Å²) in [6.07, 6.45) is 3.11. The Hall–Kier alpha value is -4.56. The Morgan fingerprint density at radius 2 is 0.865 bits per heavy atom. The van der Waals surface area contributed by atoms with Gasteiger partial charge in [0, 0.05) is 0 Å². The topological polar surface area (TPSA) is 18.5 Å². The van der Waals surface area contributed by atoms with E-state index in [1.54, 1.807) is 26.4 Å². The van der Waals surface area contributed by atoms with E-state index in [2.05, 4.69) is 145 Å². The third kappa shape index (κ3) is 5.65. The van der Waals surface area contributed by atoms with Crippen molar-refractivity contribution in [2.45, 2.75) is 5.41 Å². The molecule has 2 nitrogen and oxygen atoms in total. The second-order valence-corrected chi connectivity index (χ2v) is 8.32. The summed E-state index contributed by atoms with van der Waals surface area (Å²) in [6, 6.07) is 39.5. The van der Waals surface area contributed by atoms with Crippen molar-refractivity contribution in [2.75, 3.05) is 14.2 Å². The molecule has 2 heteroatoms. The van der Waals surface area contributed by atoms with Gasteiger partial charge >= 0.3 is 0 Å². The lowest BCUT2D eigenvalue weighted by Gasteiger charge is -2.33. The van der Waals surface area contributed by atoms with Crippen LogP contribution in [0.5, 0.6) is 0 Å². The number of allylic oxidation sites excluding steroid dienone is 2. The second-order valence-electron chi connectivity index (χ2n) is 8.32. The van der Waals surface area contributed by atoms with Crippen molar-refractivity contribution < 1.29 is 9.47 Å². The van der Waals surface area contributed by atoms with Crippen molar-refractivity contribution in [3.8, 4) is 11.1 Å². The molecule has 4 aromatic carbocycles. The standard InChI is InChI=1S/C25H18.2C5H8O/c1-3-11-19(12-4-1)25(20-13-5-2-6-14-20)23-17-9-7-15-21(23)22-16-8-10-18-24(22)25;2*1-4-5(2)6-3/h1-18H;2*4H,1-2H2,3H3. The van der Waals surface area contributed by atoms with E-state index in [4.69, 9.17) is 0 Å². The Morgan fingerprint density at radius 3 is 1.16 bits per heavy atom. The molecule has 0 saturated carbocycles. The molecule has 1 aliphatic carbocycles. The molecule has 0 spiro atoms. The van der Waals surface area contributed by atoms with Gasteiger partial charge in [0.1, 0.15) is 11.5 Å². The number of hydrogen-bond acceptors (Lipinski definition) is 2. The Labute approximate surface area is 221 Å². The Balaban J connectivity index is 0.000000267. The third-order valence-electron chi connectivity index (χ3n) is 6.35. The van der Waals surface area contributed by atoms with Crippen LogP contribution in [0.2, 0.25) is 0 Å². The number of hydrogen-bond donors (Lipinski definition) is 0. The summed E-state index contributed by atoms with van der Waals surface area (Å²) in [4.78, 5) is 0. The van der Waals surface area contributed by atoms with Gasteiger partial charge in [0.05, 0.1) is 19.6 Å². The van der Waals surface area contributed by atoms with Gasteiger partial charge < -0.3 is 9.47 Å². The quantitative estimate of drug-likeness (QED) is 0.176. The zero-order valence-electron chi connectivity index (χ0n) is 21.7. The van der Waals surface area contributed by atoms with Crippen LogP contribution in [0.3, 0.4) is 0 Å². The molecule has 0 fully saturated rings. The van der Waals surface area contributed by atoms with Gasteiger partial charge in [0.25, 0.3) is 0 Å². The summed E-state index contributed by atoms with van der Waals surface area (Å²) in [5.41, 5.74) is 7.80. The summed E-state index contributed by atoms with van der Waals surface area (Å²) >= 11 is 0. The Kier molecular flexibility index (Phi) is 9.46. The maximum Gasteiger partial charge on any atom is 0.111 e. The normalized spacial score (nSPS) is 11.6. The average molecular weight is 487 g/mol. The van der Waals surface area contributed by atoms with Crippen LogP contribution in [-0.2, 0) is 14.9 Å². The van der Waals surface area contributed by atoms with E-state index < -0.39 is 0 Å². The van der Waals surface area contributed by atoms with Gasteiger partial charge in [0.2, 0.25) is 0 Å². The van der Waals surface area contributed by atoms with Gasteiger partial charge in [-0.3, -0.25) is 0 Å². The fourth-order valence-corrected chi connectivity index (χ4v) is 4.57. The molecular formula is C35H34O2. The van der Waals surface area contributed by atoms with Crippen molar-refractivity contribution in [3.05, 3.63) is 181 Å². The third-order valence-corrected chi connectivity index (χ3v) is 6.35. The zero-order chi connectivity index (χ0) is 26.7. The number of fused-ring (bicyclic) bond motifs is 3. The molecule has 0 saturated heterocycles. The number of benzene rings is 4. The van der Waals surface area contributed by atoms with Gasteiger partial charge in [0.15, 0.2) is 0 Å². The van der Waals surface area contributed by atoms with Crippen molar-refractivity contribution in [3.63, 3.8) is 0 Å². The number of methoxy groups -OCH3 is 2. The monoisotopic (exact) mass is 486 g/mol. The SMILES string of the molecule is C=CC(=C)OC.C=CC(=C)OC.c1ccc(C2(c3ccccc3)c3ccccc3-c3ccccc32)cc1. The summed E-state index contributed by atoms with van der Waals surface area (Å²) < 4.78 is 9.17. The van der Waals surface area contributed by atoms with E-state index in [9.17, 15) is 0 Å². The molecule has 0 unspecified atom stereocenters. The van der Waals surface area contributed by atoms with E-state index in [-0.39, 0.29) is 5.41 Å². The van der Waals surface area contributed by atoms with Gasteiger partial charge in [-0.2, -0.15) is 0 Å². The molecule has 186 valence electrons. The Bertz CT molecular complexity index is 1240. The lowest BCUT2D eigenvalue weighted by molar-refractivity contribution is 0.309. The highest BCUT2D eigenvalue weighted by atomic mass is 16.5. The molecule has 0 aliphatic heterocycles. The second kappa shape index (κ2) is 12.9. The molecule has 0 atom stereocenters. The minimum Gasteiger partial charge on any atom is -0.497 e. The minimum atomic E-state index is -0.254. The highest BCUT2D eigenvalue weighted by Gasteiger charge is 2.45. The van der Waals surface area contributed by atoms with E-state index in [1.807, 2.05) is 0 Å². The molecular weight excluding hydrogens is 452 g/mol. The molecule has 5 rings (SSSR count). The van der Waals surface area contributed by atoms with Crippen LogP contribution >= 0.6 is 0 Å². The first-order chi connectivity index (χ1) is 18.0. The first-order valence-electron chi connectivity index (χ1n) is 12.1. The van der Waals surface area contributed by atoms with Crippen LogP contribution < -0.4 is 0 Å². The molecule has 37 heavy (non-hydrogen) atoms. The van der Waals surface area contributed by atoms with Crippen LogP contribution in [0.15, 0.2) is 159 Å². The Morgan fingerprint density at radius 1 is 0.541 bits per heavy atom. The van der Waals surface area contributed by atoms with Crippen LogP contribution in [-0.4, -0.2) is 14.2 Å². The summed E-state index contributed by atoms with van der Waals surface area (Å²) in [5.74, 6) is 1.21. The first-order valence-corrected chi connectivity index (χ1v) is 12.1. The van der Waals surface area contributed by atoms with Crippen LogP contribution in [0.4, 0.5) is 0 Å². The van der Waals surface area contributed by atoms with Crippen LogP contribution in [0.1, 0.15) is 22.3 Å². The van der Waals surface area contributed by atoms with Gasteiger partial charge in [-0.15, -0.1) is 0 Å². The summed E-state index contributed by atoms with van der Waals surface area (Å²) in [7, 11) is 3.12. The summed E-state index contributed by atoms with van der Waals surface area (Å²) in [5, 5.41) is 0. The maximum atomic E-state index is 4.59. The molecule has 0 bridgehead atoms. The van der Waals surface area contributed by atoms with E-state index in [0.29, 0.717) is 11.5 Å². The average Bonchev–Trinajstić information content (AvgIpc) is 3.29. The molecule has 1 aliphatic rings. The number of ether oxygens (including phenoxy) is 2.